The molecule has 31 heavy (non-hydrogen) atoms. The fourth-order valence-electron chi connectivity index (χ4n) is 3.60. The van der Waals surface area contributed by atoms with Gasteiger partial charge in [-0.2, -0.15) is 4.31 Å². The van der Waals surface area contributed by atoms with E-state index < -0.39 is 10.0 Å². The summed E-state index contributed by atoms with van der Waals surface area (Å²) in [7, 11) is -3.35. The number of sulfonamides is 1. The number of aromatic nitrogens is 3. The van der Waals surface area contributed by atoms with Gasteiger partial charge in [0, 0.05) is 31.9 Å². The van der Waals surface area contributed by atoms with Gasteiger partial charge in [-0.1, -0.05) is 35.9 Å². The first kappa shape index (κ1) is 21.2. The molecular formula is C22H26N6O2S. The van der Waals surface area contributed by atoms with Crippen LogP contribution >= 0.6 is 0 Å². The van der Waals surface area contributed by atoms with Gasteiger partial charge in [-0.05, 0) is 43.7 Å². The molecule has 1 fully saturated rings. The Hall–Kier alpha value is -3.04. The number of pyridine rings is 1. The number of nitrogens with one attached hydrogen (secondary N) is 1. The van der Waals surface area contributed by atoms with Crippen LogP contribution in [0.4, 0.5) is 17.5 Å². The zero-order chi connectivity index (χ0) is 21.8. The van der Waals surface area contributed by atoms with Crippen molar-refractivity contribution in [1.82, 2.24) is 19.5 Å². The lowest BCUT2D eigenvalue weighted by molar-refractivity contribution is 0.383. The molecule has 0 aliphatic carbocycles. The fourth-order valence-corrected chi connectivity index (χ4v) is 5.11. The molecule has 8 nitrogen and oxygen atoms in total. The van der Waals surface area contributed by atoms with Crippen LogP contribution in [0.1, 0.15) is 16.8 Å². The summed E-state index contributed by atoms with van der Waals surface area (Å²) in [5, 5.41) is 11.7. The maximum absolute atomic E-state index is 12.8. The Morgan fingerprint density at radius 3 is 2.35 bits per heavy atom. The van der Waals surface area contributed by atoms with Gasteiger partial charge in [0.25, 0.3) is 0 Å². The molecule has 0 saturated carbocycles. The number of hydrogen-bond donors (Lipinski definition) is 1. The van der Waals surface area contributed by atoms with E-state index in [1.165, 1.54) is 0 Å². The molecule has 4 rings (SSSR count). The molecular weight excluding hydrogens is 412 g/mol. The number of aryl methyl sites for hydroxylation is 2. The number of rotatable bonds is 6. The highest BCUT2D eigenvalue weighted by molar-refractivity contribution is 7.88. The highest BCUT2D eigenvalue weighted by atomic mass is 32.2. The molecule has 0 bridgehead atoms. The van der Waals surface area contributed by atoms with Crippen LogP contribution in [-0.2, 0) is 15.8 Å². The summed E-state index contributed by atoms with van der Waals surface area (Å²) in [6.07, 6.45) is 0. The maximum Gasteiger partial charge on any atom is 0.218 e. The van der Waals surface area contributed by atoms with Crippen molar-refractivity contribution in [3.05, 3.63) is 71.4 Å². The molecule has 1 aliphatic heterocycles. The van der Waals surface area contributed by atoms with Gasteiger partial charge in [0.05, 0.1) is 5.75 Å². The summed E-state index contributed by atoms with van der Waals surface area (Å²) in [6.45, 7) is 5.92. The van der Waals surface area contributed by atoms with Crippen LogP contribution in [0.5, 0.6) is 0 Å². The average Bonchev–Trinajstić information content (AvgIpc) is 2.74. The van der Waals surface area contributed by atoms with Crippen LogP contribution < -0.4 is 10.2 Å². The van der Waals surface area contributed by atoms with Gasteiger partial charge in [0.15, 0.2) is 11.6 Å². The van der Waals surface area contributed by atoms with Crippen LogP contribution in [0.3, 0.4) is 0 Å². The van der Waals surface area contributed by atoms with Gasteiger partial charge in [0.1, 0.15) is 5.82 Å². The third-order valence-corrected chi connectivity index (χ3v) is 7.03. The summed E-state index contributed by atoms with van der Waals surface area (Å²) in [4.78, 5) is 6.45. The standard InChI is InChI=1S/C22H26N6O2S/c1-17-5-3-7-19(15-17)16-31(29,30)28-13-11-27(12-14-28)22-10-9-21(25-26-22)24-20-8-4-6-18(2)23-20/h3-10,15H,11-14,16H2,1-2H3,(H,23,24,25). The molecule has 1 N–H and O–H groups in total. The Kier molecular flexibility index (Phi) is 6.15. The van der Waals surface area contributed by atoms with E-state index in [9.17, 15) is 8.42 Å². The average molecular weight is 439 g/mol. The Labute approximate surface area is 183 Å². The smallest absolute Gasteiger partial charge is 0.218 e. The number of hydrogen-bond acceptors (Lipinski definition) is 7. The number of anilines is 3. The number of nitrogens with zero attached hydrogens (tertiary/aromatic N) is 5. The van der Waals surface area contributed by atoms with Gasteiger partial charge in [-0.15, -0.1) is 10.2 Å². The van der Waals surface area contributed by atoms with Crippen molar-refractivity contribution in [3.8, 4) is 0 Å². The number of benzene rings is 1. The molecule has 2 aromatic heterocycles. The Balaban J connectivity index is 1.35. The first-order valence-electron chi connectivity index (χ1n) is 10.2. The highest BCUT2D eigenvalue weighted by Gasteiger charge is 2.27. The third kappa shape index (κ3) is 5.36. The molecule has 0 atom stereocenters. The predicted octanol–water partition coefficient (Wildman–Crippen LogP) is 2.88. The largest absolute Gasteiger partial charge is 0.352 e. The molecule has 0 unspecified atom stereocenters. The second kappa shape index (κ2) is 8.99. The summed E-state index contributed by atoms with van der Waals surface area (Å²) >= 11 is 0. The van der Waals surface area contributed by atoms with Crippen LogP contribution in [-0.4, -0.2) is 54.1 Å². The second-order valence-corrected chi connectivity index (χ2v) is 9.67. The molecule has 1 saturated heterocycles. The normalized spacial score (nSPS) is 15.1. The molecule has 0 spiro atoms. The molecule has 1 aliphatic rings. The Bertz CT molecular complexity index is 1140. The van der Waals surface area contributed by atoms with Crippen LogP contribution in [0, 0.1) is 13.8 Å². The van der Waals surface area contributed by atoms with Gasteiger partial charge in [-0.3, -0.25) is 0 Å². The maximum atomic E-state index is 12.8. The van der Waals surface area contributed by atoms with E-state index in [0.29, 0.717) is 32.0 Å². The predicted molar refractivity (Wildman–Crippen MR) is 122 cm³/mol. The minimum atomic E-state index is -3.35. The lowest BCUT2D eigenvalue weighted by atomic mass is 10.2. The van der Waals surface area contributed by atoms with Crippen molar-refractivity contribution >= 4 is 27.5 Å². The quantitative estimate of drug-likeness (QED) is 0.633. The van der Waals surface area contributed by atoms with Crippen molar-refractivity contribution in [2.45, 2.75) is 19.6 Å². The van der Waals surface area contributed by atoms with Gasteiger partial charge in [-0.25, -0.2) is 13.4 Å². The van der Waals surface area contributed by atoms with Crippen LogP contribution in [0.15, 0.2) is 54.6 Å². The molecule has 9 heteroatoms. The van der Waals surface area contributed by atoms with Gasteiger partial charge >= 0.3 is 0 Å². The summed E-state index contributed by atoms with van der Waals surface area (Å²) < 4.78 is 27.2. The van der Waals surface area contributed by atoms with E-state index >= 15 is 0 Å². The van der Waals surface area contributed by atoms with E-state index in [0.717, 1.165) is 28.5 Å². The highest BCUT2D eigenvalue weighted by Crippen LogP contribution is 2.19. The Morgan fingerprint density at radius 2 is 1.68 bits per heavy atom. The first-order chi connectivity index (χ1) is 14.9. The van der Waals surface area contributed by atoms with Gasteiger partial charge < -0.3 is 10.2 Å². The molecule has 162 valence electrons. The monoisotopic (exact) mass is 438 g/mol. The Morgan fingerprint density at radius 1 is 0.903 bits per heavy atom. The summed E-state index contributed by atoms with van der Waals surface area (Å²) in [5.41, 5.74) is 2.80. The lowest BCUT2D eigenvalue weighted by Crippen LogP contribution is -2.49. The van der Waals surface area contributed by atoms with E-state index in [1.807, 2.05) is 68.4 Å². The molecule has 3 heterocycles. The lowest BCUT2D eigenvalue weighted by Gasteiger charge is -2.34. The fraction of sp³-hybridized carbons (Fsp3) is 0.318. The molecule has 0 radical (unpaired) electrons. The molecule has 0 amide bonds. The van der Waals surface area contributed by atoms with Crippen molar-refractivity contribution < 1.29 is 8.42 Å². The van der Waals surface area contributed by atoms with E-state index in [2.05, 4.69) is 25.4 Å². The SMILES string of the molecule is Cc1cccc(CS(=O)(=O)N2CCN(c3ccc(Nc4cccc(C)n4)nn3)CC2)c1. The first-order valence-corrected chi connectivity index (χ1v) is 11.8. The summed E-state index contributed by atoms with van der Waals surface area (Å²) in [6, 6.07) is 17.1. The van der Waals surface area contributed by atoms with E-state index in [1.54, 1.807) is 4.31 Å². The summed E-state index contributed by atoms with van der Waals surface area (Å²) in [5.74, 6) is 2.09. The van der Waals surface area contributed by atoms with E-state index in [4.69, 9.17) is 0 Å². The minimum absolute atomic E-state index is 0.0296. The third-order valence-electron chi connectivity index (χ3n) is 5.18. The van der Waals surface area contributed by atoms with Gasteiger partial charge in [0.2, 0.25) is 10.0 Å². The number of piperazine rings is 1. The zero-order valence-corrected chi connectivity index (χ0v) is 18.5. The van der Waals surface area contributed by atoms with E-state index in [-0.39, 0.29) is 5.75 Å². The van der Waals surface area contributed by atoms with Crippen molar-refractivity contribution in [3.63, 3.8) is 0 Å². The minimum Gasteiger partial charge on any atom is -0.352 e. The van der Waals surface area contributed by atoms with Crippen LogP contribution in [0.25, 0.3) is 0 Å². The topological polar surface area (TPSA) is 91.3 Å². The van der Waals surface area contributed by atoms with Crippen LogP contribution in [0.2, 0.25) is 0 Å². The molecule has 1 aromatic carbocycles. The second-order valence-electron chi connectivity index (χ2n) is 7.70. The van der Waals surface area contributed by atoms with Crippen molar-refractivity contribution in [2.75, 3.05) is 36.4 Å². The van der Waals surface area contributed by atoms with Crippen molar-refractivity contribution in [2.24, 2.45) is 0 Å². The van der Waals surface area contributed by atoms with Crippen molar-refractivity contribution in [1.29, 1.82) is 0 Å². The zero-order valence-electron chi connectivity index (χ0n) is 17.7. The molecule has 3 aromatic rings.